The van der Waals surface area contributed by atoms with Gasteiger partial charge in [0.2, 0.25) is 5.95 Å². The first kappa shape index (κ1) is 10.6. The van der Waals surface area contributed by atoms with E-state index in [9.17, 15) is 9.59 Å². The molecule has 84 valence electrons. The van der Waals surface area contributed by atoms with E-state index in [-0.39, 0.29) is 17.1 Å². The normalized spacial score (nSPS) is 9.82. The topological polar surface area (TPSA) is 130 Å². The number of carbonyl (C=O) groups is 1. The first-order chi connectivity index (χ1) is 8.11. The third-order valence-electron chi connectivity index (χ3n) is 1.99. The fraction of sp³-hybridized carbons (Fsp3) is 0. The molecule has 0 aromatic carbocycles. The second-order valence-corrected chi connectivity index (χ2v) is 3.10. The Kier molecular flexibility index (Phi) is 2.42. The van der Waals surface area contributed by atoms with Crippen LogP contribution in [0.5, 0.6) is 0 Å². The van der Waals surface area contributed by atoms with E-state index < -0.39 is 11.5 Å². The molecule has 2 aromatic heterocycles. The summed E-state index contributed by atoms with van der Waals surface area (Å²) in [7, 11) is 0. The summed E-state index contributed by atoms with van der Waals surface area (Å²) in [4.78, 5) is 28.4. The van der Waals surface area contributed by atoms with Crippen LogP contribution in [0.1, 0.15) is 15.9 Å². The van der Waals surface area contributed by atoms with E-state index in [2.05, 4.69) is 15.1 Å². The predicted molar refractivity (Wildman–Crippen MR) is 55.2 cm³/mol. The van der Waals surface area contributed by atoms with E-state index in [1.54, 1.807) is 6.07 Å². The van der Waals surface area contributed by atoms with Gasteiger partial charge in [-0.2, -0.15) is 10.4 Å². The molecule has 8 heteroatoms. The van der Waals surface area contributed by atoms with Crippen molar-refractivity contribution in [3.63, 3.8) is 0 Å². The van der Waals surface area contributed by atoms with Crippen LogP contribution >= 0.6 is 0 Å². The smallest absolute Gasteiger partial charge is 0.270 e. The molecule has 1 amide bonds. The van der Waals surface area contributed by atoms with Gasteiger partial charge < -0.3 is 5.73 Å². The molecule has 2 aromatic rings. The number of hydrogen-bond acceptors (Lipinski definition) is 5. The molecule has 0 spiro atoms. The standard InChI is InChI=1S/C9H6N6O2/c10-1-5-2-12-9(14-8(5)17)15-4-6(3-13-15)7(11)16/h2-4H,(H2,11,16)(H,12,14,17). The van der Waals surface area contributed by atoms with E-state index in [4.69, 9.17) is 11.0 Å². The summed E-state index contributed by atoms with van der Waals surface area (Å²) in [6.07, 6.45) is 3.70. The number of carbonyl (C=O) groups excluding carboxylic acids is 1. The fourth-order valence-corrected chi connectivity index (χ4v) is 1.15. The van der Waals surface area contributed by atoms with Crippen molar-refractivity contribution in [2.24, 2.45) is 5.73 Å². The van der Waals surface area contributed by atoms with Crippen molar-refractivity contribution in [1.82, 2.24) is 19.7 Å². The van der Waals surface area contributed by atoms with E-state index in [1.807, 2.05) is 0 Å². The summed E-state index contributed by atoms with van der Waals surface area (Å²) < 4.78 is 1.18. The van der Waals surface area contributed by atoms with Crippen LogP contribution in [-0.2, 0) is 0 Å². The molecular formula is C9H6N6O2. The van der Waals surface area contributed by atoms with Crippen molar-refractivity contribution in [1.29, 1.82) is 5.26 Å². The van der Waals surface area contributed by atoms with Crippen LogP contribution in [0.4, 0.5) is 0 Å². The third kappa shape index (κ3) is 1.89. The Bertz CT molecular complexity index is 677. The van der Waals surface area contributed by atoms with Gasteiger partial charge >= 0.3 is 0 Å². The lowest BCUT2D eigenvalue weighted by molar-refractivity contribution is 0.100. The van der Waals surface area contributed by atoms with E-state index in [1.165, 1.54) is 17.1 Å². The van der Waals surface area contributed by atoms with Crippen LogP contribution in [-0.4, -0.2) is 25.7 Å². The second-order valence-electron chi connectivity index (χ2n) is 3.10. The molecule has 0 saturated heterocycles. The Balaban J connectivity index is 2.47. The largest absolute Gasteiger partial charge is 0.366 e. The van der Waals surface area contributed by atoms with Gasteiger partial charge in [-0.05, 0) is 0 Å². The first-order valence-electron chi connectivity index (χ1n) is 4.46. The Hall–Kier alpha value is -2.95. The number of aromatic nitrogens is 4. The molecule has 8 nitrogen and oxygen atoms in total. The molecule has 0 unspecified atom stereocenters. The molecule has 0 bridgehead atoms. The summed E-state index contributed by atoms with van der Waals surface area (Å²) in [5.74, 6) is -0.534. The zero-order chi connectivity index (χ0) is 12.4. The lowest BCUT2D eigenvalue weighted by Crippen LogP contribution is -2.15. The van der Waals surface area contributed by atoms with Gasteiger partial charge in [0.25, 0.3) is 11.5 Å². The number of rotatable bonds is 2. The number of nitrogens with zero attached hydrogens (tertiary/aromatic N) is 4. The molecule has 0 aliphatic heterocycles. The van der Waals surface area contributed by atoms with Crippen LogP contribution in [0.15, 0.2) is 23.4 Å². The van der Waals surface area contributed by atoms with Gasteiger partial charge in [0.05, 0.1) is 18.0 Å². The highest BCUT2D eigenvalue weighted by molar-refractivity contribution is 5.92. The average Bonchev–Trinajstić information content (AvgIpc) is 2.78. The predicted octanol–water partition coefficient (Wildman–Crippen LogP) is -1.07. The molecule has 0 radical (unpaired) electrons. The van der Waals surface area contributed by atoms with Crippen molar-refractivity contribution in [2.75, 3.05) is 0 Å². The van der Waals surface area contributed by atoms with Crippen molar-refractivity contribution in [3.8, 4) is 12.0 Å². The summed E-state index contributed by atoms with van der Waals surface area (Å²) in [5.41, 5.74) is 4.57. The van der Waals surface area contributed by atoms with Crippen molar-refractivity contribution >= 4 is 5.91 Å². The van der Waals surface area contributed by atoms with Gasteiger partial charge in [-0.1, -0.05) is 0 Å². The minimum atomic E-state index is -0.632. The molecule has 0 aliphatic carbocycles. The zero-order valence-electron chi connectivity index (χ0n) is 8.41. The molecule has 3 N–H and O–H groups in total. The summed E-state index contributed by atoms with van der Waals surface area (Å²) in [6.45, 7) is 0. The molecule has 0 aliphatic rings. The number of aromatic amines is 1. The third-order valence-corrected chi connectivity index (χ3v) is 1.99. The fourth-order valence-electron chi connectivity index (χ4n) is 1.15. The van der Waals surface area contributed by atoms with Gasteiger partial charge in [0.15, 0.2) is 0 Å². The molecule has 2 heterocycles. The number of hydrogen-bond donors (Lipinski definition) is 2. The molecular weight excluding hydrogens is 224 g/mol. The van der Waals surface area contributed by atoms with Gasteiger partial charge in [0, 0.05) is 6.20 Å². The number of H-pyrrole nitrogens is 1. The second kappa shape index (κ2) is 3.90. The SMILES string of the molecule is N#Cc1cnc(-n2cc(C(N)=O)cn2)[nH]c1=O. The highest BCUT2D eigenvalue weighted by atomic mass is 16.1. The Morgan fingerprint density at radius 3 is 2.82 bits per heavy atom. The minimum Gasteiger partial charge on any atom is -0.366 e. The molecule has 17 heavy (non-hydrogen) atoms. The van der Waals surface area contributed by atoms with Crippen LogP contribution in [0.25, 0.3) is 5.95 Å². The van der Waals surface area contributed by atoms with Crippen molar-refractivity contribution in [3.05, 3.63) is 40.1 Å². The van der Waals surface area contributed by atoms with E-state index in [0.29, 0.717) is 0 Å². The maximum atomic E-state index is 11.3. The lowest BCUT2D eigenvalue weighted by Gasteiger charge is -1.98. The average molecular weight is 230 g/mol. The highest BCUT2D eigenvalue weighted by Gasteiger charge is 2.08. The highest BCUT2D eigenvalue weighted by Crippen LogP contribution is 2.01. The summed E-state index contributed by atoms with van der Waals surface area (Å²) in [5, 5.41) is 12.4. The maximum absolute atomic E-state index is 11.3. The van der Waals surface area contributed by atoms with Gasteiger partial charge in [-0.15, -0.1) is 0 Å². The number of nitriles is 1. The zero-order valence-corrected chi connectivity index (χ0v) is 8.41. The van der Waals surface area contributed by atoms with Crippen molar-refractivity contribution in [2.45, 2.75) is 0 Å². The molecule has 2 rings (SSSR count). The molecule has 0 atom stereocenters. The Morgan fingerprint density at radius 2 is 2.29 bits per heavy atom. The van der Waals surface area contributed by atoms with E-state index >= 15 is 0 Å². The maximum Gasteiger partial charge on any atom is 0.270 e. The van der Waals surface area contributed by atoms with Gasteiger partial charge in [-0.25, -0.2) is 9.67 Å². The first-order valence-corrected chi connectivity index (χ1v) is 4.46. The minimum absolute atomic E-state index is 0.0986. The molecule has 0 saturated carbocycles. The Labute approximate surface area is 94.3 Å². The van der Waals surface area contributed by atoms with Gasteiger partial charge in [0.1, 0.15) is 11.6 Å². The number of nitrogens with one attached hydrogen (secondary N) is 1. The summed E-state index contributed by atoms with van der Waals surface area (Å²) in [6, 6.07) is 1.69. The van der Waals surface area contributed by atoms with Crippen LogP contribution in [0.2, 0.25) is 0 Å². The van der Waals surface area contributed by atoms with Crippen LogP contribution < -0.4 is 11.3 Å². The quantitative estimate of drug-likeness (QED) is 0.677. The van der Waals surface area contributed by atoms with Crippen LogP contribution in [0.3, 0.4) is 0 Å². The number of primary amides is 1. The Morgan fingerprint density at radius 1 is 1.53 bits per heavy atom. The number of nitrogens with two attached hydrogens (primary N) is 1. The van der Waals surface area contributed by atoms with Crippen molar-refractivity contribution < 1.29 is 4.79 Å². The van der Waals surface area contributed by atoms with Gasteiger partial charge in [-0.3, -0.25) is 14.6 Å². The lowest BCUT2D eigenvalue weighted by atomic mass is 10.3. The van der Waals surface area contributed by atoms with E-state index in [0.717, 1.165) is 6.20 Å². The monoisotopic (exact) mass is 230 g/mol. The number of amides is 1. The molecule has 0 fully saturated rings. The van der Waals surface area contributed by atoms with Crippen LogP contribution in [0, 0.1) is 11.3 Å². The summed E-state index contributed by atoms with van der Waals surface area (Å²) >= 11 is 0.